The maximum absolute atomic E-state index is 12.7. The molecule has 1 fully saturated rings. The molecule has 0 spiro atoms. The third-order valence-electron chi connectivity index (χ3n) is 3.84. The van der Waals surface area contributed by atoms with Crippen LogP contribution in [-0.4, -0.2) is 43.1 Å². The van der Waals surface area contributed by atoms with Crippen LogP contribution in [0.4, 0.5) is 0 Å². The molecule has 6 nitrogen and oxygen atoms in total. The van der Waals surface area contributed by atoms with E-state index in [1.165, 1.54) is 0 Å². The van der Waals surface area contributed by atoms with Gasteiger partial charge in [0.1, 0.15) is 11.4 Å². The lowest BCUT2D eigenvalue weighted by Crippen LogP contribution is -2.56. The van der Waals surface area contributed by atoms with Crippen LogP contribution in [0.15, 0.2) is 28.8 Å². The molecule has 122 valence electrons. The van der Waals surface area contributed by atoms with E-state index in [1.54, 1.807) is 10.4 Å². The molecule has 0 amide bonds. The Morgan fingerprint density at radius 3 is 2.86 bits per heavy atom. The van der Waals surface area contributed by atoms with Crippen LogP contribution in [0.25, 0.3) is 11.0 Å². The van der Waals surface area contributed by atoms with Gasteiger partial charge in [0, 0.05) is 30.6 Å². The van der Waals surface area contributed by atoms with Crippen molar-refractivity contribution in [2.75, 3.05) is 13.1 Å². The minimum absolute atomic E-state index is 0. The predicted molar refractivity (Wildman–Crippen MR) is 87.5 cm³/mol. The smallest absolute Gasteiger partial charge is 0.220 e. The van der Waals surface area contributed by atoms with Crippen molar-refractivity contribution >= 4 is 33.4 Å². The lowest BCUT2D eigenvalue weighted by molar-refractivity contribution is 0.244. The van der Waals surface area contributed by atoms with E-state index >= 15 is 0 Å². The maximum atomic E-state index is 12.7. The van der Waals surface area contributed by atoms with Crippen molar-refractivity contribution in [3.8, 4) is 0 Å². The molecular weight excluding hydrogens is 326 g/mol. The van der Waals surface area contributed by atoms with Crippen molar-refractivity contribution in [2.24, 2.45) is 0 Å². The van der Waals surface area contributed by atoms with Crippen LogP contribution >= 0.6 is 12.4 Å². The highest BCUT2D eigenvalue weighted by Crippen LogP contribution is 2.22. The number of nitrogens with zero attached hydrogens (tertiary/aromatic N) is 2. The monoisotopic (exact) mass is 345 g/mol. The SMILES string of the molecule is CC1CN(S(=O)(=O)Cc2noc3ccccc23)C(C)CN1.Cl. The number of piperazine rings is 1. The quantitative estimate of drug-likeness (QED) is 0.917. The van der Waals surface area contributed by atoms with Gasteiger partial charge in [-0.15, -0.1) is 12.4 Å². The van der Waals surface area contributed by atoms with Gasteiger partial charge in [0.15, 0.2) is 5.58 Å². The van der Waals surface area contributed by atoms with Gasteiger partial charge in [-0.05, 0) is 26.0 Å². The van der Waals surface area contributed by atoms with Gasteiger partial charge in [-0.25, -0.2) is 8.42 Å². The zero-order chi connectivity index (χ0) is 15.0. The highest BCUT2D eigenvalue weighted by Gasteiger charge is 2.33. The van der Waals surface area contributed by atoms with Gasteiger partial charge in [0.05, 0.1) is 0 Å². The Bertz CT molecular complexity index is 747. The van der Waals surface area contributed by atoms with Crippen LogP contribution in [0.1, 0.15) is 19.5 Å². The van der Waals surface area contributed by atoms with E-state index < -0.39 is 10.0 Å². The third-order valence-corrected chi connectivity index (χ3v) is 5.70. The van der Waals surface area contributed by atoms with E-state index in [0.717, 1.165) is 5.39 Å². The number of halogens is 1. The normalized spacial score (nSPS) is 23.4. The Morgan fingerprint density at radius 1 is 1.36 bits per heavy atom. The van der Waals surface area contributed by atoms with Crippen molar-refractivity contribution in [3.05, 3.63) is 30.0 Å². The number of hydrogen-bond acceptors (Lipinski definition) is 5. The molecule has 0 aliphatic carbocycles. The van der Waals surface area contributed by atoms with Gasteiger partial charge >= 0.3 is 0 Å². The molecule has 1 N–H and O–H groups in total. The molecule has 1 aromatic heterocycles. The van der Waals surface area contributed by atoms with E-state index in [4.69, 9.17) is 4.52 Å². The van der Waals surface area contributed by atoms with Crippen molar-refractivity contribution in [1.82, 2.24) is 14.8 Å². The standard InChI is InChI=1S/C14H19N3O3S.ClH/c1-10-8-17(11(2)7-15-10)21(18,19)9-13-12-5-3-4-6-14(12)20-16-13;/h3-6,10-11,15H,7-9H2,1-2H3;1H. The molecule has 0 radical (unpaired) electrons. The second-order valence-corrected chi connectivity index (χ2v) is 7.53. The second kappa shape index (κ2) is 6.54. The molecule has 8 heteroatoms. The molecular formula is C14H20ClN3O3S. The molecule has 3 rings (SSSR count). The lowest BCUT2D eigenvalue weighted by atomic mass is 10.2. The van der Waals surface area contributed by atoms with Crippen LogP contribution in [-0.2, 0) is 15.8 Å². The summed E-state index contributed by atoms with van der Waals surface area (Å²) in [6, 6.07) is 7.42. The Labute approximate surface area is 136 Å². The summed E-state index contributed by atoms with van der Waals surface area (Å²) in [6.45, 7) is 5.05. The number of benzene rings is 1. The molecule has 0 bridgehead atoms. The maximum Gasteiger partial charge on any atom is 0.220 e. The van der Waals surface area contributed by atoms with Crippen LogP contribution in [0, 0.1) is 0 Å². The lowest BCUT2D eigenvalue weighted by Gasteiger charge is -2.36. The van der Waals surface area contributed by atoms with Gasteiger partial charge < -0.3 is 9.84 Å². The Morgan fingerprint density at radius 2 is 2.09 bits per heavy atom. The number of sulfonamides is 1. The minimum Gasteiger partial charge on any atom is -0.356 e. The summed E-state index contributed by atoms with van der Waals surface area (Å²) in [5, 5.41) is 7.97. The summed E-state index contributed by atoms with van der Waals surface area (Å²) in [7, 11) is -3.41. The fraction of sp³-hybridized carbons (Fsp3) is 0.500. The summed E-state index contributed by atoms with van der Waals surface area (Å²) in [5.74, 6) is -0.124. The van der Waals surface area contributed by atoms with Crippen molar-refractivity contribution in [2.45, 2.75) is 31.7 Å². The Balaban J connectivity index is 0.00000176. The van der Waals surface area contributed by atoms with Gasteiger partial charge in [-0.3, -0.25) is 0 Å². The number of fused-ring (bicyclic) bond motifs is 1. The van der Waals surface area contributed by atoms with Crippen molar-refractivity contribution in [3.63, 3.8) is 0 Å². The first-order valence-electron chi connectivity index (χ1n) is 7.03. The van der Waals surface area contributed by atoms with E-state index in [1.807, 2.05) is 32.0 Å². The fourth-order valence-electron chi connectivity index (χ4n) is 2.67. The van der Waals surface area contributed by atoms with Gasteiger partial charge in [-0.2, -0.15) is 4.31 Å². The third kappa shape index (κ3) is 3.27. The molecule has 22 heavy (non-hydrogen) atoms. The highest BCUT2D eigenvalue weighted by molar-refractivity contribution is 7.88. The average molecular weight is 346 g/mol. The summed E-state index contributed by atoms with van der Waals surface area (Å²) < 4.78 is 32.1. The number of rotatable bonds is 3. The number of nitrogens with one attached hydrogen (secondary N) is 1. The predicted octanol–water partition coefficient (Wildman–Crippen LogP) is 1.76. The second-order valence-electron chi connectivity index (χ2n) is 5.61. The van der Waals surface area contributed by atoms with Crippen molar-refractivity contribution in [1.29, 1.82) is 0 Å². The number of para-hydroxylation sites is 1. The molecule has 1 saturated heterocycles. The average Bonchev–Trinajstić information content (AvgIpc) is 2.84. The zero-order valence-corrected chi connectivity index (χ0v) is 14.2. The fourth-order valence-corrected chi connectivity index (χ4v) is 4.47. The van der Waals surface area contributed by atoms with Gasteiger partial charge in [0.25, 0.3) is 0 Å². The van der Waals surface area contributed by atoms with Gasteiger partial charge in [-0.1, -0.05) is 17.3 Å². The Kier molecular flexibility index (Phi) is 5.11. The summed E-state index contributed by atoms with van der Waals surface area (Å²) in [6.07, 6.45) is 0. The zero-order valence-electron chi connectivity index (χ0n) is 12.5. The van der Waals surface area contributed by atoms with E-state index in [2.05, 4.69) is 10.5 Å². The first kappa shape index (κ1) is 17.2. The number of hydrogen-bond donors (Lipinski definition) is 1. The van der Waals surface area contributed by atoms with Crippen LogP contribution in [0.5, 0.6) is 0 Å². The first-order chi connectivity index (χ1) is 9.97. The molecule has 2 unspecified atom stereocenters. The van der Waals surface area contributed by atoms with Crippen LogP contribution < -0.4 is 5.32 Å². The van der Waals surface area contributed by atoms with E-state index in [9.17, 15) is 8.42 Å². The summed E-state index contributed by atoms with van der Waals surface area (Å²) in [4.78, 5) is 0. The van der Waals surface area contributed by atoms with E-state index in [-0.39, 0.29) is 30.2 Å². The highest BCUT2D eigenvalue weighted by atomic mass is 35.5. The number of aromatic nitrogens is 1. The molecule has 1 aliphatic heterocycles. The molecule has 2 heterocycles. The van der Waals surface area contributed by atoms with Crippen LogP contribution in [0.2, 0.25) is 0 Å². The van der Waals surface area contributed by atoms with Crippen molar-refractivity contribution < 1.29 is 12.9 Å². The largest absolute Gasteiger partial charge is 0.356 e. The molecule has 1 aromatic carbocycles. The molecule has 2 atom stereocenters. The van der Waals surface area contributed by atoms with Gasteiger partial charge in [0.2, 0.25) is 10.0 Å². The molecule has 0 saturated carbocycles. The van der Waals surface area contributed by atoms with E-state index in [0.29, 0.717) is 24.4 Å². The summed E-state index contributed by atoms with van der Waals surface area (Å²) in [5.41, 5.74) is 1.09. The molecule has 1 aliphatic rings. The Hall–Kier alpha value is -1.15. The topological polar surface area (TPSA) is 75.4 Å². The summed E-state index contributed by atoms with van der Waals surface area (Å²) >= 11 is 0. The van der Waals surface area contributed by atoms with Crippen LogP contribution in [0.3, 0.4) is 0 Å². The first-order valence-corrected chi connectivity index (χ1v) is 8.64. The molecule has 2 aromatic rings. The minimum atomic E-state index is -3.41.